The number of aryl methyl sites for hydroxylation is 1. The zero-order valence-corrected chi connectivity index (χ0v) is 26.0. The quantitative estimate of drug-likeness (QED) is 0.228. The first-order valence-electron chi connectivity index (χ1n) is 14.3. The third-order valence-electron chi connectivity index (χ3n) is 7.86. The van der Waals surface area contributed by atoms with Crippen molar-refractivity contribution in [3.63, 3.8) is 0 Å². The summed E-state index contributed by atoms with van der Waals surface area (Å²) in [6.07, 6.45) is -0.811. The number of benzene rings is 2. The van der Waals surface area contributed by atoms with Crippen molar-refractivity contribution in [2.75, 3.05) is 6.54 Å². The Bertz CT molecular complexity index is 1710. The maximum atomic E-state index is 13.9. The Morgan fingerprint density at radius 1 is 1.11 bits per heavy atom. The molecule has 12 heteroatoms. The highest BCUT2D eigenvalue weighted by Gasteiger charge is 2.45. The molecule has 3 heterocycles. The molecule has 0 spiro atoms. The Balaban J connectivity index is 1.30. The van der Waals surface area contributed by atoms with E-state index in [0.717, 1.165) is 21.7 Å². The number of carbonyl (C=O) groups is 3. The molecule has 2 aromatic carbocycles. The van der Waals surface area contributed by atoms with Gasteiger partial charge in [-0.1, -0.05) is 45.0 Å². The van der Waals surface area contributed by atoms with E-state index in [1.54, 1.807) is 38.2 Å². The van der Waals surface area contributed by atoms with Crippen LogP contribution in [0.25, 0.3) is 21.4 Å². The molecule has 44 heavy (non-hydrogen) atoms. The zero-order valence-electron chi connectivity index (χ0n) is 25.2. The number of furan rings is 1. The van der Waals surface area contributed by atoms with E-state index in [-0.39, 0.29) is 36.4 Å². The lowest BCUT2D eigenvalue weighted by molar-refractivity contribution is -0.142. The second-order valence-corrected chi connectivity index (χ2v) is 13.1. The van der Waals surface area contributed by atoms with E-state index in [4.69, 9.17) is 4.42 Å². The number of nitrogens with zero attached hydrogens (tertiary/aromatic N) is 3. The van der Waals surface area contributed by atoms with Gasteiger partial charge in [-0.15, -0.1) is 16.2 Å². The van der Waals surface area contributed by atoms with Gasteiger partial charge in [0.05, 0.1) is 28.2 Å². The number of likely N-dealkylation sites (tertiary alicyclic amines) is 1. The first kappa shape index (κ1) is 31.0. The predicted octanol–water partition coefficient (Wildman–Crippen LogP) is 5.25. The largest absolute Gasteiger partial charge is 0.451 e. The smallest absolute Gasteiger partial charge is 0.287 e. The van der Waals surface area contributed by atoms with Crippen molar-refractivity contribution in [1.82, 2.24) is 20.5 Å². The number of carbonyl (C=O) groups excluding carboxylic acids is 3. The number of thiazole rings is 1. The normalized spacial score (nSPS) is 18.2. The van der Waals surface area contributed by atoms with Crippen molar-refractivity contribution in [2.24, 2.45) is 10.6 Å². The Labute approximate surface area is 258 Å². The molecule has 0 radical (unpaired) electrons. The number of aliphatic hydroxyl groups is 1. The lowest BCUT2D eigenvalue weighted by Gasteiger charge is -2.35. The second-order valence-electron chi connectivity index (χ2n) is 12.2. The maximum Gasteiger partial charge on any atom is 0.287 e. The van der Waals surface area contributed by atoms with Gasteiger partial charge >= 0.3 is 0 Å². The van der Waals surface area contributed by atoms with E-state index in [9.17, 15) is 24.4 Å². The van der Waals surface area contributed by atoms with Crippen molar-refractivity contribution >= 4 is 45.7 Å². The van der Waals surface area contributed by atoms with Crippen molar-refractivity contribution in [1.29, 1.82) is 0 Å². The van der Waals surface area contributed by atoms with Crippen LogP contribution in [-0.2, 0) is 9.59 Å². The summed E-state index contributed by atoms with van der Waals surface area (Å²) in [7, 11) is 0. The molecule has 1 aliphatic heterocycles. The van der Waals surface area contributed by atoms with Crippen molar-refractivity contribution in [3.05, 3.63) is 76.0 Å². The first-order chi connectivity index (χ1) is 20.8. The van der Waals surface area contributed by atoms with E-state index in [1.165, 1.54) is 23.1 Å². The van der Waals surface area contributed by atoms with Crippen LogP contribution in [0.2, 0.25) is 0 Å². The van der Waals surface area contributed by atoms with E-state index < -0.39 is 35.4 Å². The number of hydrogen-bond donors (Lipinski definition) is 3. The molecule has 3 amide bonds. The van der Waals surface area contributed by atoms with Crippen LogP contribution in [0.5, 0.6) is 0 Å². The summed E-state index contributed by atoms with van der Waals surface area (Å²) in [5.41, 5.74) is 4.55. The number of hydrogen-bond acceptors (Lipinski definition) is 9. The van der Waals surface area contributed by atoms with Crippen LogP contribution in [0, 0.1) is 17.2 Å². The minimum Gasteiger partial charge on any atom is -0.451 e. The highest BCUT2D eigenvalue weighted by atomic mass is 32.1. The minimum atomic E-state index is -1.03. The number of fused-ring (bicyclic) bond motifs is 1. The number of aromatic nitrogens is 1. The van der Waals surface area contributed by atoms with Crippen LogP contribution in [0.3, 0.4) is 0 Å². The molecular weight excluding hydrogens is 582 g/mol. The number of rotatable bonds is 8. The number of nitroso groups, excluding NO2 is 1. The highest BCUT2D eigenvalue weighted by molar-refractivity contribution is 7.13. The molecule has 1 fully saturated rings. The summed E-state index contributed by atoms with van der Waals surface area (Å²) in [4.78, 5) is 58.3. The Morgan fingerprint density at radius 2 is 1.84 bits per heavy atom. The molecule has 1 unspecified atom stereocenters. The van der Waals surface area contributed by atoms with Crippen molar-refractivity contribution in [3.8, 4) is 10.4 Å². The fraction of sp³-hybridized carbons (Fsp3) is 0.375. The lowest BCUT2D eigenvalue weighted by atomic mass is 9.85. The number of aliphatic hydroxyl groups excluding tert-OH is 1. The summed E-state index contributed by atoms with van der Waals surface area (Å²) in [5.74, 6) is -1.53. The topological polar surface area (TPSA) is 154 Å². The van der Waals surface area contributed by atoms with Crippen LogP contribution >= 0.6 is 11.3 Å². The van der Waals surface area contributed by atoms with Crippen LogP contribution in [0.4, 0.5) is 5.69 Å². The van der Waals surface area contributed by atoms with Gasteiger partial charge in [-0.25, -0.2) is 4.98 Å². The summed E-state index contributed by atoms with van der Waals surface area (Å²) in [6.45, 7) is 9.20. The molecule has 2 aromatic heterocycles. The SMILES string of the molecule is Cc1ncsc1-c1ccc([C@H](C)NC(=O)[C@@H]2C[C@@H](O)CN2C(=O)C(NC(=O)c2cc3cc(N=O)ccc3o2)C(C)(C)C)cc1. The standard InChI is InChI=1S/C32H35N5O6S/c1-17(19-6-8-20(9-7-19)27-18(2)33-16-44-27)34-29(39)24-14-23(38)15-37(24)31(41)28(32(3,4)5)35-30(40)26-13-21-12-22(36-42)10-11-25(21)43-26/h6-13,16-17,23-24,28,38H,14-15H2,1-5H3,(H,34,39)(H,35,40)/t17-,23+,24-,28?/m0/s1. The van der Waals surface area contributed by atoms with Gasteiger partial charge in [0.2, 0.25) is 11.8 Å². The monoisotopic (exact) mass is 617 g/mol. The molecule has 0 bridgehead atoms. The molecular formula is C32H35N5O6S. The van der Waals surface area contributed by atoms with Crippen molar-refractivity contribution < 1.29 is 23.9 Å². The second kappa shape index (κ2) is 12.3. The molecule has 3 N–H and O–H groups in total. The van der Waals surface area contributed by atoms with Crippen molar-refractivity contribution in [2.45, 2.75) is 65.3 Å². The summed E-state index contributed by atoms with van der Waals surface area (Å²) < 4.78 is 5.66. The third-order valence-corrected chi connectivity index (χ3v) is 8.84. The highest BCUT2D eigenvalue weighted by Crippen LogP contribution is 2.30. The van der Waals surface area contributed by atoms with E-state index in [0.29, 0.717) is 11.0 Å². The number of nitrogens with one attached hydrogen (secondary N) is 2. The first-order valence-corrected chi connectivity index (χ1v) is 15.2. The molecule has 11 nitrogen and oxygen atoms in total. The number of amides is 3. The molecule has 0 aliphatic carbocycles. The summed E-state index contributed by atoms with van der Waals surface area (Å²) in [6, 6.07) is 11.6. The fourth-order valence-electron chi connectivity index (χ4n) is 5.42. The Kier molecular flexibility index (Phi) is 8.66. The molecule has 4 aromatic rings. The maximum absolute atomic E-state index is 13.9. The zero-order chi connectivity index (χ0) is 31.8. The van der Waals surface area contributed by atoms with Gasteiger partial charge in [-0.05, 0) is 59.8 Å². The van der Waals surface area contributed by atoms with Crippen LogP contribution in [-0.4, -0.2) is 57.4 Å². The van der Waals surface area contributed by atoms with E-state index in [1.807, 2.05) is 43.6 Å². The van der Waals surface area contributed by atoms with Gasteiger partial charge in [0, 0.05) is 18.4 Å². The van der Waals surface area contributed by atoms with Gasteiger partial charge in [-0.2, -0.15) is 0 Å². The molecule has 0 saturated carbocycles. The van der Waals surface area contributed by atoms with Crippen LogP contribution < -0.4 is 10.6 Å². The lowest BCUT2D eigenvalue weighted by Crippen LogP contribution is -2.57. The molecule has 4 atom stereocenters. The van der Waals surface area contributed by atoms with Gasteiger partial charge in [0.25, 0.3) is 5.91 Å². The van der Waals surface area contributed by atoms with Gasteiger partial charge in [-0.3, -0.25) is 14.4 Å². The molecule has 1 saturated heterocycles. The van der Waals surface area contributed by atoms with E-state index >= 15 is 0 Å². The minimum absolute atomic E-state index is 0.0359. The Morgan fingerprint density at radius 3 is 2.48 bits per heavy atom. The van der Waals surface area contributed by atoms with E-state index in [2.05, 4.69) is 20.8 Å². The van der Waals surface area contributed by atoms with Crippen LogP contribution in [0.15, 0.2) is 63.6 Å². The molecule has 1 aliphatic rings. The predicted molar refractivity (Wildman–Crippen MR) is 167 cm³/mol. The number of β-amino-alcohol motifs (C(OH)–C–C–N with tert-alkyl or cyclic N) is 1. The van der Waals surface area contributed by atoms with Gasteiger partial charge in [0.15, 0.2) is 5.76 Å². The summed E-state index contributed by atoms with van der Waals surface area (Å²) in [5, 5.41) is 19.7. The van der Waals surface area contributed by atoms with Gasteiger partial charge in [0.1, 0.15) is 23.4 Å². The molecule has 230 valence electrons. The molecule has 5 rings (SSSR count). The fourth-order valence-corrected chi connectivity index (χ4v) is 6.23. The van der Waals surface area contributed by atoms with Crippen LogP contribution in [0.1, 0.15) is 62.0 Å². The average molecular weight is 618 g/mol. The summed E-state index contributed by atoms with van der Waals surface area (Å²) >= 11 is 1.57. The Hall–Kier alpha value is -4.42. The third kappa shape index (κ3) is 6.41. The average Bonchev–Trinajstić information content (AvgIpc) is 3.72. The van der Waals surface area contributed by atoms with Gasteiger partial charge < -0.3 is 25.1 Å².